The van der Waals surface area contributed by atoms with E-state index < -0.39 is 9.84 Å². The van der Waals surface area contributed by atoms with Crippen LogP contribution in [0.3, 0.4) is 0 Å². The summed E-state index contributed by atoms with van der Waals surface area (Å²) in [7, 11) is -0.269. The van der Waals surface area contributed by atoms with Crippen LogP contribution in [-0.4, -0.2) is 62.4 Å². The standard InChI is InChI=1S/C17H21N3O5S2/c1-24-13-5-4-12(10-14(13)25-2)16(21)20-8-6-11(7-9-20)15-17(26-19-18-15)27(3,22)23/h4-5,10-11H,6-9H2,1-3H3. The van der Waals surface area contributed by atoms with Crippen molar-refractivity contribution in [2.45, 2.75) is 23.0 Å². The van der Waals surface area contributed by atoms with Crippen LogP contribution in [0.25, 0.3) is 0 Å². The van der Waals surface area contributed by atoms with Crippen LogP contribution in [0.2, 0.25) is 0 Å². The number of sulfone groups is 1. The van der Waals surface area contributed by atoms with Gasteiger partial charge in [0, 0.05) is 42.4 Å². The van der Waals surface area contributed by atoms with Gasteiger partial charge in [-0.25, -0.2) is 8.42 Å². The molecule has 0 N–H and O–H groups in total. The first-order chi connectivity index (χ1) is 12.8. The molecule has 0 spiro atoms. The Morgan fingerprint density at radius 3 is 2.44 bits per heavy atom. The first-order valence-electron chi connectivity index (χ1n) is 8.38. The molecule has 0 unspecified atom stereocenters. The van der Waals surface area contributed by atoms with Gasteiger partial charge in [-0.2, -0.15) is 0 Å². The van der Waals surface area contributed by atoms with Crippen molar-refractivity contribution in [1.82, 2.24) is 14.5 Å². The van der Waals surface area contributed by atoms with Gasteiger partial charge < -0.3 is 14.4 Å². The third-order valence-corrected chi connectivity index (χ3v) is 7.17. The van der Waals surface area contributed by atoms with E-state index in [1.165, 1.54) is 13.4 Å². The van der Waals surface area contributed by atoms with Crippen molar-refractivity contribution in [3.63, 3.8) is 0 Å². The van der Waals surface area contributed by atoms with Crippen LogP contribution in [0.4, 0.5) is 0 Å². The number of aromatic nitrogens is 2. The molecule has 1 aliphatic rings. The molecule has 0 aliphatic carbocycles. The second kappa shape index (κ2) is 7.81. The maximum absolute atomic E-state index is 12.8. The predicted octanol–water partition coefficient (Wildman–Crippen LogP) is 1.98. The van der Waals surface area contributed by atoms with Gasteiger partial charge in [0.25, 0.3) is 5.91 Å². The van der Waals surface area contributed by atoms with Crippen molar-refractivity contribution in [2.75, 3.05) is 33.6 Å². The average molecular weight is 412 g/mol. The molecule has 0 saturated carbocycles. The number of nitrogens with zero attached hydrogens (tertiary/aromatic N) is 3. The highest BCUT2D eigenvalue weighted by molar-refractivity contribution is 7.92. The van der Waals surface area contributed by atoms with Crippen LogP contribution in [0.15, 0.2) is 22.4 Å². The summed E-state index contributed by atoms with van der Waals surface area (Å²) in [5.41, 5.74) is 1.05. The number of carbonyl (C=O) groups is 1. The molecule has 3 rings (SSSR count). The number of amides is 1. The van der Waals surface area contributed by atoms with Crippen molar-refractivity contribution in [2.24, 2.45) is 0 Å². The molecular formula is C17H21N3O5S2. The molecule has 1 aromatic carbocycles. The van der Waals surface area contributed by atoms with Crippen LogP contribution >= 0.6 is 11.5 Å². The van der Waals surface area contributed by atoms with E-state index in [9.17, 15) is 13.2 Å². The summed E-state index contributed by atoms with van der Waals surface area (Å²) >= 11 is 0.906. The Morgan fingerprint density at radius 2 is 1.85 bits per heavy atom. The zero-order valence-corrected chi connectivity index (χ0v) is 17.0. The minimum atomic E-state index is -3.34. The number of likely N-dealkylation sites (tertiary alicyclic amines) is 1. The molecular weight excluding hydrogens is 390 g/mol. The van der Waals surface area contributed by atoms with Crippen LogP contribution in [-0.2, 0) is 9.84 Å². The second-order valence-electron chi connectivity index (χ2n) is 6.35. The van der Waals surface area contributed by atoms with Gasteiger partial charge in [0.05, 0.1) is 19.9 Å². The topological polar surface area (TPSA) is 98.7 Å². The summed E-state index contributed by atoms with van der Waals surface area (Å²) in [6.07, 6.45) is 2.46. The minimum Gasteiger partial charge on any atom is -0.493 e. The second-order valence-corrected chi connectivity index (χ2v) is 9.32. The van der Waals surface area contributed by atoms with Gasteiger partial charge in [-0.15, -0.1) is 5.10 Å². The van der Waals surface area contributed by atoms with E-state index in [1.807, 2.05) is 0 Å². The van der Waals surface area contributed by atoms with Crippen LogP contribution < -0.4 is 9.47 Å². The molecule has 2 aromatic rings. The quantitative estimate of drug-likeness (QED) is 0.742. The fraction of sp³-hybridized carbons (Fsp3) is 0.471. The number of hydrogen-bond acceptors (Lipinski definition) is 8. The lowest BCUT2D eigenvalue weighted by Gasteiger charge is -2.31. The maximum Gasteiger partial charge on any atom is 0.253 e. The van der Waals surface area contributed by atoms with E-state index in [0.29, 0.717) is 48.7 Å². The number of hydrogen-bond donors (Lipinski definition) is 0. The highest BCUT2D eigenvalue weighted by Crippen LogP contribution is 2.34. The maximum atomic E-state index is 12.8. The molecule has 1 aliphatic heterocycles. The van der Waals surface area contributed by atoms with Crippen LogP contribution in [0, 0.1) is 0 Å². The van der Waals surface area contributed by atoms with Crippen molar-refractivity contribution < 1.29 is 22.7 Å². The molecule has 1 fully saturated rings. The van der Waals surface area contributed by atoms with Gasteiger partial charge in [0.1, 0.15) is 0 Å². The van der Waals surface area contributed by atoms with E-state index in [0.717, 1.165) is 11.5 Å². The van der Waals surface area contributed by atoms with Crippen molar-refractivity contribution in [3.05, 3.63) is 29.5 Å². The Balaban J connectivity index is 1.71. The third kappa shape index (κ3) is 4.06. The van der Waals surface area contributed by atoms with Gasteiger partial charge in [-0.05, 0) is 31.0 Å². The highest BCUT2D eigenvalue weighted by atomic mass is 32.2. The van der Waals surface area contributed by atoms with Gasteiger partial charge in [0.2, 0.25) is 0 Å². The molecule has 1 amide bonds. The number of rotatable bonds is 5. The Kier molecular flexibility index (Phi) is 5.66. The number of carbonyl (C=O) groups excluding carboxylic acids is 1. The predicted molar refractivity (Wildman–Crippen MR) is 100 cm³/mol. The zero-order chi connectivity index (χ0) is 19.6. The molecule has 8 nitrogen and oxygen atoms in total. The molecule has 10 heteroatoms. The van der Waals surface area contributed by atoms with E-state index in [-0.39, 0.29) is 16.0 Å². The first kappa shape index (κ1) is 19.6. The SMILES string of the molecule is COc1ccc(C(=O)N2CCC(c3nnsc3S(C)(=O)=O)CC2)cc1OC. The van der Waals surface area contributed by atoms with Crippen molar-refractivity contribution in [3.8, 4) is 11.5 Å². The van der Waals surface area contributed by atoms with E-state index in [1.54, 1.807) is 30.2 Å². The summed E-state index contributed by atoms with van der Waals surface area (Å²) < 4.78 is 38.2. The lowest BCUT2D eigenvalue weighted by molar-refractivity contribution is 0.0711. The van der Waals surface area contributed by atoms with E-state index >= 15 is 0 Å². The van der Waals surface area contributed by atoms with Crippen LogP contribution in [0.1, 0.15) is 34.8 Å². The fourth-order valence-electron chi connectivity index (χ4n) is 3.20. The number of benzene rings is 1. The summed E-state index contributed by atoms with van der Waals surface area (Å²) in [6.45, 7) is 1.05. The Labute approximate surface area is 162 Å². The first-order valence-corrected chi connectivity index (χ1v) is 11.0. The largest absolute Gasteiger partial charge is 0.493 e. The highest BCUT2D eigenvalue weighted by Gasteiger charge is 2.30. The Morgan fingerprint density at radius 1 is 1.19 bits per heavy atom. The van der Waals surface area contributed by atoms with Gasteiger partial charge in [-0.3, -0.25) is 4.79 Å². The third-order valence-electron chi connectivity index (χ3n) is 4.62. The molecule has 27 heavy (non-hydrogen) atoms. The van der Waals surface area contributed by atoms with Gasteiger partial charge in [-0.1, -0.05) is 4.49 Å². The zero-order valence-electron chi connectivity index (χ0n) is 15.3. The molecule has 2 heterocycles. The fourth-order valence-corrected chi connectivity index (χ4v) is 4.94. The summed E-state index contributed by atoms with van der Waals surface area (Å²) in [4.78, 5) is 14.6. The van der Waals surface area contributed by atoms with Gasteiger partial charge >= 0.3 is 0 Å². The average Bonchev–Trinajstić information content (AvgIpc) is 3.17. The smallest absolute Gasteiger partial charge is 0.253 e. The molecule has 146 valence electrons. The monoisotopic (exact) mass is 411 g/mol. The molecule has 0 radical (unpaired) electrons. The lowest BCUT2D eigenvalue weighted by Crippen LogP contribution is -2.38. The summed E-state index contributed by atoms with van der Waals surface area (Å²) in [6, 6.07) is 5.08. The van der Waals surface area contributed by atoms with E-state index in [2.05, 4.69) is 9.59 Å². The summed E-state index contributed by atoms with van der Waals surface area (Å²) in [5.74, 6) is 0.971. The van der Waals surface area contributed by atoms with Gasteiger partial charge in [0.15, 0.2) is 25.5 Å². The number of methoxy groups -OCH3 is 2. The Bertz CT molecular complexity index is 934. The number of piperidine rings is 1. The Hall–Kier alpha value is -2.20. The molecule has 0 bridgehead atoms. The molecule has 1 saturated heterocycles. The van der Waals surface area contributed by atoms with Crippen molar-refractivity contribution in [1.29, 1.82) is 0 Å². The molecule has 1 aromatic heterocycles. The van der Waals surface area contributed by atoms with E-state index in [4.69, 9.17) is 9.47 Å². The normalized spacial score (nSPS) is 15.6. The molecule has 0 atom stereocenters. The van der Waals surface area contributed by atoms with Crippen molar-refractivity contribution >= 4 is 27.3 Å². The van der Waals surface area contributed by atoms with Crippen LogP contribution in [0.5, 0.6) is 11.5 Å². The lowest BCUT2D eigenvalue weighted by atomic mass is 9.94. The number of ether oxygens (including phenoxy) is 2. The summed E-state index contributed by atoms with van der Waals surface area (Å²) in [5, 5.41) is 4.03. The minimum absolute atomic E-state index is 0.0112.